The maximum Gasteiger partial charge on any atom is 0.381 e. The Hall–Kier alpha value is -1.01. The minimum Gasteiger partial charge on any atom is -0.472 e. The first-order valence-electron chi connectivity index (χ1n) is 2.60. The van der Waals surface area contributed by atoms with E-state index in [4.69, 9.17) is 10.2 Å². The number of aliphatic carboxylic acids is 1. The summed E-state index contributed by atoms with van der Waals surface area (Å²) >= 11 is 0. The maximum atomic E-state index is 9.73. The van der Waals surface area contributed by atoms with E-state index in [1.54, 1.807) is 0 Å². The molecule has 0 unspecified atom stereocenters. The summed E-state index contributed by atoms with van der Waals surface area (Å²) in [6.07, 6.45) is 0.989. The van der Waals surface area contributed by atoms with Crippen LogP contribution in [-0.4, -0.2) is 22.8 Å². The molecule has 0 aromatic heterocycles. The summed E-state index contributed by atoms with van der Waals surface area (Å²) < 4.78 is 0. The SMILES string of the molecule is O=C(O)C#CCCCO. The zero-order valence-electron chi connectivity index (χ0n) is 4.92. The number of aliphatic hydroxyl groups excluding tert-OH is 1. The average molecular weight is 128 g/mol. The highest BCUT2D eigenvalue weighted by Gasteiger charge is 1.81. The van der Waals surface area contributed by atoms with Gasteiger partial charge in [0.25, 0.3) is 0 Å². The van der Waals surface area contributed by atoms with E-state index in [0.717, 1.165) is 0 Å². The number of aliphatic hydroxyl groups is 1. The quantitative estimate of drug-likeness (QED) is 0.401. The molecule has 0 spiro atoms. The van der Waals surface area contributed by atoms with E-state index >= 15 is 0 Å². The third-order valence-corrected chi connectivity index (χ3v) is 0.655. The molecule has 3 heteroatoms. The van der Waals surface area contributed by atoms with Crippen molar-refractivity contribution in [3.8, 4) is 11.8 Å². The molecule has 0 aromatic rings. The van der Waals surface area contributed by atoms with Gasteiger partial charge < -0.3 is 10.2 Å². The van der Waals surface area contributed by atoms with Crippen LogP contribution in [0.25, 0.3) is 0 Å². The highest BCUT2D eigenvalue weighted by molar-refractivity contribution is 5.86. The monoisotopic (exact) mass is 128 g/mol. The van der Waals surface area contributed by atoms with Gasteiger partial charge >= 0.3 is 5.97 Å². The lowest BCUT2D eigenvalue weighted by atomic mass is 10.3. The standard InChI is InChI=1S/C6H8O3/c7-5-3-1-2-4-6(8)9/h7H,1,3,5H2,(H,8,9). The Bertz CT molecular complexity index is 140. The number of carboxylic acid groups (broad SMARTS) is 1. The van der Waals surface area contributed by atoms with Gasteiger partial charge in [0, 0.05) is 18.9 Å². The number of hydrogen-bond donors (Lipinski definition) is 2. The largest absolute Gasteiger partial charge is 0.472 e. The predicted molar refractivity (Wildman–Crippen MR) is 31.7 cm³/mol. The van der Waals surface area contributed by atoms with Crippen LogP contribution in [0.2, 0.25) is 0 Å². The molecule has 0 radical (unpaired) electrons. The second-order valence-electron chi connectivity index (χ2n) is 1.43. The number of unbranched alkanes of at least 4 members (excludes halogenated alkanes) is 1. The topological polar surface area (TPSA) is 57.5 Å². The Balaban J connectivity index is 3.27. The van der Waals surface area contributed by atoms with Crippen molar-refractivity contribution in [1.82, 2.24) is 0 Å². The van der Waals surface area contributed by atoms with E-state index in [1.165, 1.54) is 0 Å². The highest BCUT2D eigenvalue weighted by Crippen LogP contribution is 1.81. The Morgan fingerprint density at radius 1 is 1.56 bits per heavy atom. The molecule has 9 heavy (non-hydrogen) atoms. The van der Waals surface area contributed by atoms with Crippen molar-refractivity contribution >= 4 is 5.97 Å². The lowest BCUT2D eigenvalue weighted by Crippen LogP contribution is -1.87. The summed E-state index contributed by atoms with van der Waals surface area (Å²) in [6, 6.07) is 0. The molecule has 0 heterocycles. The van der Waals surface area contributed by atoms with Crippen LogP contribution in [0, 0.1) is 11.8 Å². The zero-order valence-corrected chi connectivity index (χ0v) is 4.92. The van der Waals surface area contributed by atoms with Crippen LogP contribution >= 0.6 is 0 Å². The van der Waals surface area contributed by atoms with Crippen molar-refractivity contribution in [1.29, 1.82) is 0 Å². The smallest absolute Gasteiger partial charge is 0.381 e. The van der Waals surface area contributed by atoms with Crippen molar-refractivity contribution in [3.63, 3.8) is 0 Å². The molecule has 2 N–H and O–H groups in total. The van der Waals surface area contributed by atoms with Crippen LogP contribution in [0.3, 0.4) is 0 Å². The number of carbonyl (C=O) groups is 1. The summed E-state index contributed by atoms with van der Waals surface area (Å²) in [6.45, 7) is 0.0638. The van der Waals surface area contributed by atoms with Gasteiger partial charge in [0.2, 0.25) is 0 Å². The van der Waals surface area contributed by atoms with Crippen LogP contribution < -0.4 is 0 Å². The number of carboxylic acids is 1. The van der Waals surface area contributed by atoms with Gasteiger partial charge in [0.1, 0.15) is 0 Å². The van der Waals surface area contributed by atoms with Gasteiger partial charge in [-0.15, -0.1) is 0 Å². The second-order valence-corrected chi connectivity index (χ2v) is 1.43. The van der Waals surface area contributed by atoms with Gasteiger partial charge in [-0.3, -0.25) is 0 Å². The molecule has 3 nitrogen and oxygen atoms in total. The fourth-order valence-corrected chi connectivity index (χ4v) is 0.306. The molecule has 0 aliphatic rings. The van der Waals surface area contributed by atoms with Crippen LogP contribution in [0.4, 0.5) is 0 Å². The molecule has 0 aliphatic carbocycles. The van der Waals surface area contributed by atoms with Crippen molar-refractivity contribution in [3.05, 3.63) is 0 Å². The predicted octanol–water partition coefficient (Wildman–Crippen LogP) is -0.153. The minimum atomic E-state index is -1.12. The van der Waals surface area contributed by atoms with Crippen molar-refractivity contribution < 1.29 is 15.0 Å². The Morgan fingerprint density at radius 3 is 2.67 bits per heavy atom. The molecular formula is C6H8O3. The first kappa shape index (κ1) is 7.99. The number of hydrogen-bond acceptors (Lipinski definition) is 2. The summed E-state index contributed by atoms with van der Waals surface area (Å²) in [7, 11) is 0. The molecular weight excluding hydrogens is 120 g/mol. The van der Waals surface area contributed by atoms with Gasteiger partial charge in [0.15, 0.2) is 0 Å². The van der Waals surface area contributed by atoms with E-state index < -0.39 is 5.97 Å². The first-order valence-corrected chi connectivity index (χ1v) is 2.60. The molecule has 0 saturated heterocycles. The van der Waals surface area contributed by atoms with Crippen LogP contribution in [0.15, 0.2) is 0 Å². The average Bonchev–Trinajstić information content (AvgIpc) is 1.80. The van der Waals surface area contributed by atoms with Crippen molar-refractivity contribution in [2.45, 2.75) is 12.8 Å². The molecule has 0 saturated carbocycles. The summed E-state index contributed by atoms with van der Waals surface area (Å²) in [5, 5.41) is 16.2. The van der Waals surface area contributed by atoms with Gasteiger partial charge in [0.05, 0.1) is 0 Å². The Kier molecular flexibility index (Phi) is 4.56. The lowest BCUT2D eigenvalue weighted by Gasteiger charge is -1.81. The Labute approximate surface area is 53.3 Å². The summed E-state index contributed by atoms with van der Waals surface area (Å²) in [5.74, 6) is 3.19. The van der Waals surface area contributed by atoms with Crippen molar-refractivity contribution in [2.75, 3.05) is 6.61 Å². The van der Waals surface area contributed by atoms with Crippen LogP contribution in [-0.2, 0) is 4.79 Å². The van der Waals surface area contributed by atoms with Crippen LogP contribution in [0.1, 0.15) is 12.8 Å². The molecule has 0 rings (SSSR count). The van der Waals surface area contributed by atoms with E-state index in [0.29, 0.717) is 12.8 Å². The van der Waals surface area contributed by atoms with E-state index in [1.807, 2.05) is 5.92 Å². The molecule has 0 bridgehead atoms. The maximum absolute atomic E-state index is 9.73. The number of rotatable bonds is 2. The fraction of sp³-hybridized carbons (Fsp3) is 0.500. The first-order chi connectivity index (χ1) is 4.27. The third-order valence-electron chi connectivity index (χ3n) is 0.655. The molecule has 0 aliphatic heterocycles. The molecule has 0 atom stereocenters. The molecule has 0 amide bonds. The summed E-state index contributed by atoms with van der Waals surface area (Å²) in [4.78, 5) is 9.73. The van der Waals surface area contributed by atoms with Gasteiger partial charge in [-0.2, -0.15) is 0 Å². The lowest BCUT2D eigenvalue weighted by molar-refractivity contribution is -0.130. The highest BCUT2D eigenvalue weighted by atomic mass is 16.4. The van der Waals surface area contributed by atoms with Gasteiger partial charge in [-0.05, 0) is 6.42 Å². The summed E-state index contributed by atoms with van der Waals surface area (Å²) in [5.41, 5.74) is 0. The van der Waals surface area contributed by atoms with Crippen LogP contribution in [0.5, 0.6) is 0 Å². The van der Waals surface area contributed by atoms with E-state index in [-0.39, 0.29) is 6.61 Å². The second kappa shape index (κ2) is 5.13. The van der Waals surface area contributed by atoms with E-state index in [9.17, 15) is 4.79 Å². The normalized spacial score (nSPS) is 7.67. The molecule has 50 valence electrons. The third kappa shape index (κ3) is 6.99. The molecule has 0 aromatic carbocycles. The van der Waals surface area contributed by atoms with Gasteiger partial charge in [-0.25, -0.2) is 4.79 Å². The minimum absolute atomic E-state index is 0.0638. The van der Waals surface area contributed by atoms with E-state index in [2.05, 4.69) is 5.92 Å². The fourth-order valence-electron chi connectivity index (χ4n) is 0.306. The zero-order chi connectivity index (χ0) is 7.11. The molecule has 0 fully saturated rings. The van der Waals surface area contributed by atoms with Gasteiger partial charge in [-0.1, -0.05) is 5.92 Å². The Morgan fingerprint density at radius 2 is 2.22 bits per heavy atom. The van der Waals surface area contributed by atoms with Crippen molar-refractivity contribution in [2.24, 2.45) is 0 Å².